The van der Waals surface area contributed by atoms with Gasteiger partial charge in [0, 0.05) is 0 Å². The first-order valence-electron chi connectivity index (χ1n) is 5.63. The standard InChI is InChI=1S/C14H13ClN2O2/c1-8-2-4-10(15)13(6-8)17-12-5-3-9(14(18)19)7-11(12)16/h2-7,17H,16H2,1H3,(H,18,19). The van der Waals surface area contributed by atoms with Gasteiger partial charge in [0.15, 0.2) is 0 Å². The number of aryl methyl sites for hydroxylation is 1. The van der Waals surface area contributed by atoms with Gasteiger partial charge in [0.2, 0.25) is 0 Å². The molecular formula is C14H13ClN2O2. The molecule has 19 heavy (non-hydrogen) atoms. The third-order valence-corrected chi connectivity index (χ3v) is 3.02. The molecule has 2 aromatic carbocycles. The lowest BCUT2D eigenvalue weighted by atomic mass is 10.1. The van der Waals surface area contributed by atoms with E-state index < -0.39 is 5.97 Å². The van der Waals surface area contributed by atoms with E-state index >= 15 is 0 Å². The van der Waals surface area contributed by atoms with Gasteiger partial charge in [0.1, 0.15) is 0 Å². The molecule has 0 aliphatic heterocycles. The van der Waals surface area contributed by atoms with Crippen LogP contribution in [0.3, 0.4) is 0 Å². The Kier molecular flexibility index (Phi) is 3.62. The average Bonchev–Trinajstić information content (AvgIpc) is 2.36. The molecule has 0 atom stereocenters. The van der Waals surface area contributed by atoms with Crippen LogP contribution in [0.15, 0.2) is 36.4 Å². The fraction of sp³-hybridized carbons (Fsp3) is 0.0714. The highest BCUT2D eigenvalue weighted by Crippen LogP contribution is 2.29. The quantitative estimate of drug-likeness (QED) is 0.748. The van der Waals surface area contributed by atoms with Crippen LogP contribution in [-0.4, -0.2) is 11.1 Å². The molecule has 0 aromatic heterocycles. The minimum Gasteiger partial charge on any atom is -0.478 e. The molecule has 0 aliphatic carbocycles. The Morgan fingerprint density at radius 3 is 2.58 bits per heavy atom. The molecule has 0 spiro atoms. The van der Waals surface area contributed by atoms with E-state index in [4.69, 9.17) is 22.4 Å². The van der Waals surface area contributed by atoms with Crippen LogP contribution in [-0.2, 0) is 0 Å². The number of aromatic carboxylic acids is 1. The van der Waals surface area contributed by atoms with Crippen LogP contribution in [0.25, 0.3) is 0 Å². The lowest BCUT2D eigenvalue weighted by Crippen LogP contribution is -2.01. The van der Waals surface area contributed by atoms with E-state index in [9.17, 15) is 4.79 Å². The third kappa shape index (κ3) is 2.98. The first-order valence-corrected chi connectivity index (χ1v) is 6.01. The van der Waals surface area contributed by atoms with Crippen molar-refractivity contribution in [1.82, 2.24) is 0 Å². The number of nitrogens with one attached hydrogen (secondary N) is 1. The maximum Gasteiger partial charge on any atom is 0.335 e. The van der Waals surface area contributed by atoms with Gasteiger partial charge >= 0.3 is 5.97 Å². The summed E-state index contributed by atoms with van der Waals surface area (Å²) < 4.78 is 0. The number of carbonyl (C=O) groups is 1. The predicted molar refractivity (Wildman–Crippen MR) is 77.3 cm³/mol. The fourth-order valence-corrected chi connectivity index (χ4v) is 1.85. The topological polar surface area (TPSA) is 75.3 Å². The maximum atomic E-state index is 10.8. The van der Waals surface area contributed by atoms with Crippen molar-refractivity contribution < 1.29 is 9.90 Å². The molecule has 0 saturated carbocycles. The van der Waals surface area contributed by atoms with E-state index in [0.717, 1.165) is 11.3 Å². The van der Waals surface area contributed by atoms with Crippen molar-refractivity contribution in [2.24, 2.45) is 0 Å². The molecule has 4 nitrogen and oxygen atoms in total. The number of hydrogen-bond donors (Lipinski definition) is 3. The molecule has 2 rings (SSSR count). The Balaban J connectivity index is 2.33. The first kappa shape index (κ1) is 13.2. The normalized spacial score (nSPS) is 10.2. The molecule has 4 N–H and O–H groups in total. The van der Waals surface area contributed by atoms with Crippen molar-refractivity contribution in [2.75, 3.05) is 11.1 Å². The second-order valence-electron chi connectivity index (χ2n) is 4.22. The highest BCUT2D eigenvalue weighted by Gasteiger charge is 2.08. The number of halogens is 1. The number of hydrogen-bond acceptors (Lipinski definition) is 3. The Morgan fingerprint density at radius 1 is 1.21 bits per heavy atom. The van der Waals surface area contributed by atoms with Gasteiger partial charge in [-0.05, 0) is 42.8 Å². The molecule has 98 valence electrons. The second-order valence-corrected chi connectivity index (χ2v) is 4.62. The zero-order valence-corrected chi connectivity index (χ0v) is 11.0. The minimum atomic E-state index is -1.01. The van der Waals surface area contributed by atoms with Crippen molar-refractivity contribution in [1.29, 1.82) is 0 Å². The highest BCUT2D eigenvalue weighted by molar-refractivity contribution is 6.33. The Hall–Kier alpha value is -2.20. The minimum absolute atomic E-state index is 0.151. The van der Waals surface area contributed by atoms with Crippen LogP contribution in [0.2, 0.25) is 5.02 Å². The Bertz CT molecular complexity index is 641. The summed E-state index contributed by atoms with van der Waals surface area (Å²) in [6.45, 7) is 1.96. The van der Waals surface area contributed by atoms with E-state index in [1.165, 1.54) is 12.1 Å². The van der Waals surface area contributed by atoms with Crippen LogP contribution in [0.4, 0.5) is 17.1 Å². The van der Waals surface area contributed by atoms with E-state index in [0.29, 0.717) is 16.4 Å². The first-order chi connectivity index (χ1) is 8.97. The summed E-state index contributed by atoms with van der Waals surface area (Å²) in [6, 6.07) is 10.1. The summed E-state index contributed by atoms with van der Waals surface area (Å²) in [5.74, 6) is -1.01. The molecule has 0 radical (unpaired) electrons. The lowest BCUT2D eigenvalue weighted by molar-refractivity contribution is 0.0697. The van der Waals surface area contributed by atoms with Gasteiger partial charge in [-0.3, -0.25) is 0 Å². The number of rotatable bonds is 3. The second kappa shape index (κ2) is 5.20. The predicted octanol–water partition coefficient (Wildman–Crippen LogP) is 3.67. The van der Waals surface area contributed by atoms with Gasteiger partial charge in [0.05, 0.1) is 27.6 Å². The van der Waals surface area contributed by atoms with Crippen molar-refractivity contribution >= 4 is 34.6 Å². The monoisotopic (exact) mass is 276 g/mol. The van der Waals surface area contributed by atoms with Crippen molar-refractivity contribution in [3.05, 3.63) is 52.5 Å². The summed E-state index contributed by atoms with van der Waals surface area (Å²) in [4.78, 5) is 10.8. The molecule has 0 fully saturated rings. The summed E-state index contributed by atoms with van der Waals surface area (Å²) in [7, 11) is 0. The van der Waals surface area contributed by atoms with Crippen LogP contribution in [0.1, 0.15) is 15.9 Å². The molecule has 0 aliphatic rings. The van der Waals surface area contributed by atoms with Gasteiger partial charge in [0.25, 0.3) is 0 Å². The van der Waals surface area contributed by atoms with E-state index in [2.05, 4.69) is 5.32 Å². The molecule has 0 bridgehead atoms. The molecular weight excluding hydrogens is 264 g/mol. The number of benzene rings is 2. The SMILES string of the molecule is Cc1ccc(Cl)c(Nc2ccc(C(=O)O)cc2N)c1. The number of nitrogen functional groups attached to an aromatic ring is 1. The Morgan fingerprint density at radius 2 is 1.95 bits per heavy atom. The van der Waals surface area contributed by atoms with Gasteiger partial charge in [-0.15, -0.1) is 0 Å². The van der Waals surface area contributed by atoms with Crippen molar-refractivity contribution in [2.45, 2.75) is 6.92 Å². The zero-order chi connectivity index (χ0) is 14.0. The van der Waals surface area contributed by atoms with E-state index in [1.54, 1.807) is 12.1 Å². The van der Waals surface area contributed by atoms with Gasteiger partial charge in [-0.25, -0.2) is 4.79 Å². The van der Waals surface area contributed by atoms with Gasteiger partial charge in [-0.1, -0.05) is 17.7 Å². The van der Waals surface area contributed by atoms with E-state index in [1.807, 2.05) is 19.1 Å². The van der Waals surface area contributed by atoms with Crippen LogP contribution in [0.5, 0.6) is 0 Å². The highest BCUT2D eigenvalue weighted by atomic mass is 35.5. The molecule has 0 unspecified atom stereocenters. The molecule has 2 aromatic rings. The molecule has 0 amide bonds. The number of carboxylic acid groups (broad SMARTS) is 1. The van der Waals surface area contributed by atoms with Gasteiger partial charge in [-0.2, -0.15) is 0 Å². The lowest BCUT2D eigenvalue weighted by Gasteiger charge is -2.12. The van der Waals surface area contributed by atoms with Crippen LogP contribution in [0, 0.1) is 6.92 Å². The van der Waals surface area contributed by atoms with Crippen molar-refractivity contribution in [3.63, 3.8) is 0 Å². The third-order valence-electron chi connectivity index (χ3n) is 2.69. The summed E-state index contributed by atoms with van der Waals surface area (Å²) in [5, 5.41) is 12.5. The molecule has 0 heterocycles. The summed E-state index contributed by atoms with van der Waals surface area (Å²) in [5.41, 5.74) is 8.75. The van der Waals surface area contributed by atoms with Crippen LogP contribution >= 0.6 is 11.6 Å². The molecule has 0 saturated heterocycles. The number of nitrogens with two attached hydrogens (primary N) is 1. The van der Waals surface area contributed by atoms with Gasteiger partial charge < -0.3 is 16.2 Å². The van der Waals surface area contributed by atoms with E-state index in [-0.39, 0.29) is 5.56 Å². The smallest absolute Gasteiger partial charge is 0.335 e. The number of anilines is 3. The Labute approximate surface area is 115 Å². The fourth-order valence-electron chi connectivity index (χ4n) is 1.69. The largest absolute Gasteiger partial charge is 0.478 e. The maximum absolute atomic E-state index is 10.8. The zero-order valence-electron chi connectivity index (χ0n) is 10.3. The molecule has 5 heteroatoms. The summed E-state index contributed by atoms with van der Waals surface area (Å²) >= 11 is 6.08. The summed E-state index contributed by atoms with van der Waals surface area (Å²) in [6.07, 6.45) is 0. The number of carboxylic acids is 1. The van der Waals surface area contributed by atoms with Crippen molar-refractivity contribution in [3.8, 4) is 0 Å². The van der Waals surface area contributed by atoms with Crippen LogP contribution < -0.4 is 11.1 Å². The average molecular weight is 277 g/mol.